The van der Waals surface area contributed by atoms with E-state index in [0.29, 0.717) is 23.3 Å². The maximum Gasteiger partial charge on any atom is 0.490 e. The van der Waals surface area contributed by atoms with Crippen LogP contribution >= 0.6 is 31.3 Å². The van der Waals surface area contributed by atoms with Crippen molar-refractivity contribution in [1.82, 2.24) is 19.1 Å². The number of rotatable bonds is 16. The van der Waals surface area contributed by atoms with E-state index in [9.17, 15) is 48.0 Å². The van der Waals surface area contributed by atoms with E-state index in [4.69, 9.17) is 24.4 Å². The van der Waals surface area contributed by atoms with Gasteiger partial charge in [-0.3, -0.25) is 19.0 Å². The summed E-state index contributed by atoms with van der Waals surface area (Å²) in [5, 5.41) is 28.6. The molecule has 2 fully saturated rings. The molecule has 0 aliphatic carbocycles. The molecule has 0 amide bonds. The highest BCUT2D eigenvalue weighted by Gasteiger charge is 2.48. The van der Waals surface area contributed by atoms with Gasteiger partial charge in [0.2, 0.25) is 6.29 Å². The molecule has 2 aromatic heterocycles. The van der Waals surface area contributed by atoms with Gasteiger partial charge >= 0.3 is 31.3 Å². The summed E-state index contributed by atoms with van der Waals surface area (Å²) in [6, 6.07) is 5.99. The minimum absolute atomic E-state index is 0.0998. The molecule has 7 N–H and O–H groups in total. The van der Waals surface area contributed by atoms with Gasteiger partial charge in [0.05, 0.1) is 39.1 Å². The van der Waals surface area contributed by atoms with Gasteiger partial charge in [0.1, 0.15) is 41.6 Å². The summed E-state index contributed by atoms with van der Waals surface area (Å²) >= 11 is 0. The maximum absolute atomic E-state index is 12.4. The van der Waals surface area contributed by atoms with Crippen LogP contribution in [0.2, 0.25) is 0 Å². The molecular weight excluding hydrogens is 774 g/mol. The number of ether oxygens (including phenoxy) is 4. The number of aliphatic hydroxyl groups is 2. The number of imidazole rings is 1. The first-order valence-electron chi connectivity index (χ1n) is 14.4. The highest BCUT2D eigenvalue weighted by molar-refractivity contribution is 7.69. The van der Waals surface area contributed by atoms with Crippen molar-refractivity contribution in [3.63, 3.8) is 0 Å². The van der Waals surface area contributed by atoms with E-state index >= 15 is 0 Å². The van der Waals surface area contributed by atoms with Gasteiger partial charge in [-0.25, -0.2) is 28.2 Å². The molecule has 4 unspecified atom stereocenters. The van der Waals surface area contributed by atoms with E-state index in [1.54, 1.807) is 11.6 Å². The summed E-state index contributed by atoms with van der Waals surface area (Å²) in [7, 11) is -20.3. The van der Waals surface area contributed by atoms with Crippen LogP contribution in [0.15, 0.2) is 36.9 Å². The molecule has 10 atom stereocenters. The Kier molecular flexibility index (Phi) is 12.1. The summed E-state index contributed by atoms with van der Waals surface area (Å²) in [6.45, 7) is -1.73. The largest absolute Gasteiger partial charge is 0.497 e. The Bertz CT molecular complexity index is 1960. The molecule has 0 saturated carbocycles. The molecule has 51 heavy (non-hydrogen) atoms. The highest BCUT2D eigenvalue weighted by Crippen LogP contribution is 2.71. The molecule has 0 radical (unpaired) electrons. The van der Waals surface area contributed by atoms with Crippen LogP contribution < -0.4 is 15.0 Å². The Morgan fingerprint density at radius 1 is 0.824 bits per heavy atom. The van der Waals surface area contributed by atoms with Gasteiger partial charge in [-0.2, -0.15) is 12.9 Å². The Morgan fingerprint density at radius 3 is 2.04 bits per heavy atom. The number of fused-ring (bicyclic) bond motifs is 1. The number of phosphoric ester groups is 2. The number of aliphatic hydroxyl groups excluding tert-OH is 2. The van der Waals surface area contributed by atoms with Crippen LogP contribution in [0, 0.1) is 5.41 Å². The van der Waals surface area contributed by atoms with Crippen LogP contribution in [0.25, 0.3) is 11.2 Å². The number of nitrogens with one attached hydrogen (secondary N) is 1. The van der Waals surface area contributed by atoms with Gasteiger partial charge < -0.3 is 53.3 Å². The Hall–Kier alpha value is -2.43. The second-order valence-corrected chi connectivity index (χ2v) is 17.1. The van der Waals surface area contributed by atoms with Crippen molar-refractivity contribution in [2.75, 3.05) is 20.3 Å². The zero-order chi connectivity index (χ0) is 37.4. The quantitative estimate of drug-likeness (QED) is 0.0990. The highest BCUT2D eigenvalue weighted by atomic mass is 31.3. The molecule has 0 spiro atoms. The first kappa shape index (κ1) is 39.8. The van der Waals surface area contributed by atoms with E-state index in [0.717, 1.165) is 0 Å². The zero-order valence-electron chi connectivity index (χ0n) is 26.3. The molecule has 28 heteroatoms. The monoisotopic (exact) mass is 807 g/mol. The van der Waals surface area contributed by atoms with Crippen molar-refractivity contribution < 1.29 is 89.0 Å². The maximum atomic E-state index is 12.4. The summed E-state index contributed by atoms with van der Waals surface area (Å²) in [4.78, 5) is 47.9. The summed E-state index contributed by atoms with van der Waals surface area (Å²) in [5.41, 5.74) is 0.749. The van der Waals surface area contributed by atoms with E-state index in [1.165, 1.54) is 48.6 Å². The topological polar surface area (TPSA) is 332 Å². The third-order valence-electron chi connectivity index (χ3n) is 7.17. The van der Waals surface area contributed by atoms with Crippen molar-refractivity contribution in [1.29, 1.82) is 5.41 Å². The average molecular weight is 807 g/mol. The van der Waals surface area contributed by atoms with E-state index in [2.05, 4.69) is 31.9 Å². The number of benzene rings is 1. The number of aromatic nitrogens is 4. The van der Waals surface area contributed by atoms with Gasteiger partial charge in [0.25, 0.3) is 0 Å². The van der Waals surface area contributed by atoms with Crippen LogP contribution in [0.1, 0.15) is 19.1 Å². The lowest BCUT2D eigenvalue weighted by atomic mass is 10.1. The van der Waals surface area contributed by atoms with E-state index in [-0.39, 0.29) is 17.7 Å². The number of phosphoric acid groups is 4. The van der Waals surface area contributed by atoms with Crippen molar-refractivity contribution in [2.24, 2.45) is 7.05 Å². The molecule has 2 aliphatic heterocycles. The van der Waals surface area contributed by atoms with Crippen molar-refractivity contribution >= 4 is 42.5 Å². The van der Waals surface area contributed by atoms with Crippen LogP contribution in [0.4, 0.5) is 0 Å². The molecule has 284 valence electrons. The first-order valence-corrected chi connectivity index (χ1v) is 20.4. The van der Waals surface area contributed by atoms with Crippen molar-refractivity contribution in [2.45, 2.75) is 49.8 Å². The number of methoxy groups -OCH3 is 1. The lowest BCUT2D eigenvalue weighted by Crippen LogP contribution is -2.35. The van der Waals surface area contributed by atoms with Gasteiger partial charge in [-0.15, -0.1) is 0 Å². The summed E-state index contributed by atoms with van der Waals surface area (Å²) < 4.78 is 94.7. The number of hydrogen-bond acceptors (Lipinski definition) is 18. The fourth-order valence-corrected chi connectivity index (χ4v) is 9.76. The molecule has 5 rings (SSSR count). The van der Waals surface area contributed by atoms with E-state index < -0.39 is 81.4 Å². The molecule has 24 nitrogen and oxygen atoms in total. The molecule has 4 heterocycles. The lowest BCUT2D eigenvalue weighted by Gasteiger charge is -2.21. The Labute approximate surface area is 286 Å². The molecular formula is C23H33N5O19P4. The minimum atomic E-state index is -6.08. The molecule has 0 bridgehead atoms. The van der Waals surface area contributed by atoms with Gasteiger partial charge in [0, 0.05) is 7.05 Å². The average Bonchev–Trinajstić information content (AvgIpc) is 3.74. The van der Waals surface area contributed by atoms with Crippen LogP contribution in [0.5, 0.6) is 11.5 Å². The lowest BCUT2D eigenvalue weighted by molar-refractivity contribution is -0.115. The standard InChI is InChI=1S/C23H33N5O19P4/c1-27-11-26-22-18(21(27)24)25-12-28(22)17-8-7-15(42-17)9-40-48(31,32)45-50(35,36)47-51(37,38)46-49(33,34)41-10-16-19(29)20(30)23(44-16)43-14-5-3-13(39-2)4-6-14/h3-6,11-12,15-17,19-20,23-24,29-30H,7-10H2,1-2H3,(H,31,32)(H,33,34)(H,35,36)(H,37,38)/t15-,16+,17+,19+,20+,23+/m0/s1. The molecule has 2 saturated heterocycles. The number of nitrogens with zero attached hydrogens (tertiary/aromatic N) is 4. The fraction of sp³-hybridized carbons (Fsp3) is 0.522. The minimum Gasteiger partial charge on any atom is -0.497 e. The predicted octanol–water partition coefficient (Wildman–Crippen LogP) is 0.946. The smallest absolute Gasteiger partial charge is 0.490 e. The molecule has 3 aromatic rings. The van der Waals surface area contributed by atoms with Gasteiger partial charge in [0.15, 0.2) is 11.1 Å². The third kappa shape index (κ3) is 10.2. The van der Waals surface area contributed by atoms with E-state index in [1.807, 2.05) is 0 Å². The van der Waals surface area contributed by atoms with Gasteiger partial charge in [-0.05, 0) is 37.1 Å². The Balaban J connectivity index is 1.08. The Morgan fingerprint density at radius 2 is 1.41 bits per heavy atom. The van der Waals surface area contributed by atoms with Crippen molar-refractivity contribution in [3.8, 4) is 11.5 Å². The number of aryl methyl sites for hydroxylation is 1. The zero-order valence-corrected chi connectivity index (χ0v) is 29.9. The normalized spacial score (nSPS) is 28.5. The second-order valence-electron chi connectivity index (χ2n) is 10.8. The number of hydrogen-bond donors (Lipinski definition) is 7. The van der Waals surface area contributed by atoms with Gasteiger partial charge in [-0.1, -0.05) is 0 Å². The van der Waals surface area contributed by atoms with Crippen LogP contribution in [-0.2, 0) is 56.8 Å². The summed E-state index contributed by atoms with van der Waals surface area (Å²) in [5.74, 6) is 0.684. The first-order chi connectivity index (χ1) is 23.8. The molecule has 1 aromatic carbocycles. The third-order valence-corrected chi connectivity index (χ3v) is 13.1. The van der Waals surface area contributed by atoms with Crippen molar-refractivity contribution in [3.05, 3.63) is 42.4 Å². The van der Waals surface area contributed by atoms with Crippen LogP contribution in [0.3, 0.4) is 0 Å². The predicted molar refractivity (Wildman–Crippen MR) is 164 cm³/mol. The fourth-order valence-electron chi connectivity index (χ4n) is 4.79. The SMILES string of the molecule is COc1ccc(O[C@@H]2O[C@H](COP(=O)(O)OP(=O)(O)OP(=O)(O)OP(=O)(O)OC[C@@H]3CC[C@H](n4cnc5c(=N)n(C)cnc54)O3)[C@@H](O)[C@H]2O)cc1. The van der Waals surface area contributed by atoms with Crippen LogP contribution in [-0.4, -0.2) is 99.9 Å². The second kappa shape index (κ2) is 15.5. The molecule has 2 aliphatic rings. The summed E-state index contributed by atoms with van der Waals surface area (Å²) in [6.07, 6.45) is -4.56.